The lowest BCUT2D eigenvalue weighted by atomic mass is 10.0. The molecule has 0 amide bonds. The van der Waals surface area contributed by atoms with Gasteiger partial charge in [-0.1, -0.05) is 42.5 Å². The van der Waals surface area contributed by atoms with Gasteiger partial charge in [0.25, 0.3) is 0 Å². The molecule has 0 radical (unpaired) electrons. The highest BCUT2D eigenvalue weighted by atomic mass is 14.6. The van der Waals surface area contributed by atoms with Crippen LogP contribution in [-0.4, -0.2) is 6.04 Å². The molecule has 1 atom stereocenters. The Hall–Kier alpha value is -1.34. The number of hydrogen-bond acceptors (Lipinski definition) is 1. The smallest absolute Gasteiger partial charge is 0.00105 e. The molecule has 0 saturated carbocycles. The first kappa shape index (κ1) is 11.2. The Kier molecular flexibility index (Phi) is 3.58. The van der Waals surface area contributed by atoms with Crippen LogP contribution in [0, 0.1) is 0 Å². The fraction of sp³-hybridized carbons (Fsp3) is 0.333. The van der Waals surface area contributed by atoms with Crippen LogP contribution in [0.4, 0.5) is 0 Å². The topological polar surface area (TPSA) is 26.0 Å². The van der Waals surface area contributed by atoms with Gasteiger partial charge in [0.1, 0.15) is 0 Å². The minimum absolute atomic E-state index is 0.320. The van der Waals surface area contributed by atoms with Crippen LogP contribution in [0.3, 0.4) is 0 Å². The van der Waals surface area contributed by atoms with E-state index in [0.717, 1.165) is 12.8 Å². The van der Waals surface area contributed by atoms with Crippen LogP contribution < -0.4 is 5.73 Å². The fourth-order valence-corrected chi connectivity index (χ4v) is 2.02. The first-order chi connectivity index (χ1) is 7.75. The highest BCUT2D eigenvalue weighted by Gasteiger charge is 1.98. The molecule has 2 rings (SSSR count). The molecule has 1 heteroatoms. The standard InChI is InChI=1S/C15H19N/c1-12(16)5-4-6-13-9-10-14-7-2-3-8-15(14)11-13/h2-3,7-12H,4-6,16H2,1H3. The Morgan fingerprint density at radius 3 is 2.56 bits per heavy atom. The summed E-state index contributed by atoms with van der Waals surface area (Å²) in [6.07, 6.45) is 3.41. The summed E-state index contributed by atoms with van der Waals surface area (Å²) in [6.45, 7) is 2.07. The van der Waals surface area contributed by atoms with Gasteiger partial charge in [0.15, 0.2) is 0 Å². The predicted molar refractivity (Wildman–Crippen MR) is 70.5 cm³/mol. The van der Waals surface area contributed by atoms with Crippen molar-refractivity contribution in [2.45, 2.75) is 32.2 Å². The minimum atomic E-state index is 0.320. The first-order valence-electron chi connectivity index (χ1n) is 5.99. The minimum Gasteiger partial charge on any atom is -0.328 e. The summed E-state index contributed by atoms with van der Waals surface area (Å²) < 4.78 is 0. The van der Waals surface area contributed by atoms with Crippen molar-refractivity contribution in [3.05, 3.63) is 48.0 Å². The maximum Gasteiger partial charge on any atom is 0.00105 e. The van der Waals surface area contributed by atoms with Gasteiger partial charge in [-0.25, -0.2) is 0 Å². The molecule has 0 saturated heterocycles. The average Bonchev–Trinajstić information content (AvgIpc) is 2.28. The zero-order valence-electron chi connectivity index (χ0n) is 9.82. The van der Waals surface area contributed by atoms with Crippen molar-refractivity contribution in [2.75, 3.05) is 0 Å². The molecule has 0 aliphatic heterocycles. The van der Waals surface area contributed by atoms with Crippen molar-refractivity contribution in [1.29, 1.82) is 0 Å². The summed E-state index contributed by atoms with van der Waals surface area (Å²) in [5.41, 5.74) is 7.16. The van der Waals surface area contributed by atoms with Crippen LogP contribution in [0.15, 0.2) is 42.5 Å². The number of aryl methyl sites for hydroxylation is 1. The molecule has 2 aromatic rings. The second-order valence-electron chi connectivity index (χ2n) is 4.55. The van der Waals surface area contributed by atoms with Gasteiger partial charge in [-0.15, -0.1) is 0 Å². The molecule has 0 spiro atoms. The summed E-state index contributed by atoms with van der Waals surface area (Å²) in [5, 5.41) is 2.65. The second-order valence-corrected chi connectivity index (χ2v) is 4.55. The van der Waals surface area contributed by atoms with Crippen molar-refractivity contribution in [2.24, 2.45) is 5.73 Å². The highest BCUT2D eigenvalue weighted by molar-refractivity contribution is 5.82. The molecule has 1 nitrogen and oxygen atoms in total. The number of hydrogen-bond donors (Lipinski definition) is 1. The Morgan fingerprint density at radius 1 is 1.06 bits per heavy atom. The lowest BCUT2D eigenvalue weighted by Gasteiger charge is -2.06. The Balaban J connectivity index is 2.08. The third kappa shape index (κ3) is 2.83. The number of rotatable bonds is 4. The van der Waals surface area contributed by atoms with Crippen LogP contribution in [-0.2, 0) is 6.42 Å². The third-order valence-corrected chi connectivity index (χ3v) is 2.94. The summed E-state index contributed by atoms with van der Waals surface area (Å²) in [7, 11) is 0. The van der Waals surface area contributed by atoms with Crippen LogP contribution in [0.25, 0.3) is 10.8 Å². The number of benzene rings is 2. The molecule has 0 heterocycles. The SMILES string of the molecule is CC(N)CCCc1ccc2ccccc2c1. The molecule has 84 valence electrons. The van der Waals surface area contributed by atoms with Crippen LogP contribution in [0.1, 0.15) is 25.3 Å². The van der Waals surface area contributed by atoms with Crippen molar-refractivity contribution in [1.82, 2.24) is 0 Å². The molecule has 2 aromatic carbocycles. The summed E-state index contributed by atoms with van der Waals surface area (Å²) in [5.74, 6) is 0. The predicted octanol–water partition coefficient (Wildman–Crippen LogP) is 3.51. The largest absolute Gasteiger partial charge is 0.328 e. The van der Waals surface area contributed by atoms with Gasteiger partial charge in [-0.2, -0.15) is 0 Å². The van der Waals surface area contributed by atoms with E-state index in [-0.39, 0.29) is 0 Å². The van der Waals surface area contributed by atoms with Gasteiger partial charge in [-0.05, 0) is 42.5 Å². The van der Waals surface area contributed by atoms with Gasteiger partial charge in [0.05, 0.1) is 0 Å². The van der Waals surface area contributed by atoms with E-state index in [2.05, 4.69) is 49.4 Å². The summed E-state index contributed by atoms with van der Waals surface area (Å²) >= 11 is 0. The fourth-order valence-electron chi connectivity index (χ4n) is 2.02. The molecule has 2 N–H and O–H groups in total. The Morgan fingerprint density at radius 2 is 1.81 bits per heavy atom. The van der Waals surface area contributed by atoms with Crippen LogP contribution in [0.2, 0.25) is 0 Å². The van der Waals surface area contributed by atoms with Gasteiger partial charge >= 0.3 is 0 Å². The summed E-state index contributed by atoms with van der Waals surface area (Å²) in [4.78, 5) is 0. The zero-order valence-corrected chi connectivity index (χ0v) is 9.82. The van der Waals surface area contributed by atoms with E-state index in [1.807, 2.05) is 0 Å². The average molecular weight is 213 g/mol. The second kappa shape index (κ2) is 5.13. The van der Waals surface area contributed by atoms with E-state index in [1.54, 1.807) is 0 Å². The van der Waals surface area contributed by atoms with Gasteiger partial charge in [-0.3, -0.25) is 0 Å². The van der Waals surface area contributed by atoms with Gasteiger partial charge < -0.3 is 5.73 Å². The number of nitrogens with two attached hydrogens (primary N) is 1. The Bertz CT molecular complexity index is 460. The van der Waals surface area contributed by atoms with E-state index >= 15 is 0 Å². The van der Waals surface area contributed by atoms with E-state index in [0.29, 0.717) is 6.04 Å². The number of fused-ring (bicyclic) bond motifs is 1. The van der Waals surface area contributed by atoms with E-state index in [1.165, 1.54) is 22.8 Å². The van der Waals surface area contributed by atoms with Crippen molar-refractivity contribution < 1.29 is 0 Å². The van der Waals surface area contributed by atoms with E-state index in [4.69, 9.17) is 5.73 Å². The maximum atomic E-state index is 5.75. The molecule has 0 aliphatic carbocycles. The first-order valence-corrected chi connectivity index (χ1v) is 5.99. The monoisotopic (exact) mass is 213 g/mol. The maximum absolute atomic E-state index is 5.75. The molecule has 0 aliphatic rings. The van der Waals surface area contributed by atoms with Gasteiger partial charge in [0.2, 0.25) is 0 Å². The highest BCUT2D eigenvalue weighted by Crippen LogP contribution is 2.17. The normalized spacial score (nSPS) is 12.9. The lowest BCUT2D eigenvalue weighted by molar-refractivity contribution is 0.624. The molecule has 1 unspecified atom stereocenters. The molecule has 0 fully saturated rings. The molecule has 0 bridgehead atoms. The van der Waals surface area contributed by atoms with Gasteiger partial charge in [0, 0.05) is 6.04 Å². The molecule has 16 heavy (non-hydrogen) atoms. The van der Waals surface area contributed by atoms with E-state index < -0.39 is 0 Å². The zero-order chi connectivity index (χ0) is 11.4. The van der Waals surface area contributed by atoms with Crippen molar-refractivity contribution >= 4 is 10.8 Å². The molecule has 0 aromatic heterocycles. The molecular formula is C15H19N. The molecular weight excluding hydrogens is 194 g/mol. The summed E-state index contributed by atoms with van der Waals surface area (Å²) in [6, 6.07) is 15.5. The van der Waals surface area contributed by atoms with Crippen LogP contribution in [0.5, 0.6) is 0 Å². The van der Waals surface area contributed by atoms with Crippen LogP contribution >= 0.6 is 0 Å². The lowest BCUT2D eigenvalue weighted by Crippen LogP contribution is -2.14. The van der Waals surface area contributed by atoms with Crippen molar-refractivity contribution in [3.8, 4) is 0 Å². The quantitative estimate of drug-likeness (QED) is 0.826. The Labute approximate surface area is 97.3 Å². The van der Waals surface area contributed by atoms with E-state index in [9.17, 15) is 0 Å². The van der Waals surface area contributed by atoms with Crippen molar-refractivity contribution in [3.63, 3.8) is 0 Å². The third-order valence-electron chi connectivity index (χ3n) is 2.94.